The Morgan fingerprint density at radius 3 is 2.50 bits per heavy atom. The number of halogens is 1. The summed E-state index contributed by atoms with van der Waals surface area (Å²) in [6.45, 7) is 1.43. The summed E-state index contributed by atoms with van der Waals surface area (Å²) in [4.78, 5) is 35.0. The lowest BCUT2D eigenvalue weighted by Crippen LogP contribution is -2.43. The lowest BCUT2D eigenvalue weighted by molar-refractivity contribution is -0.144. The van der Waals surface area contributed by atoms with Crippen molar-refractivity contribution >= 4 is 35.5 Å². The van der Waals surface area contributed by atoms with Crippen molar-refractivity contribution < 1.29 is 19.1 Å². The van der Waals surface area contributed by atoms with E-state index in [2.05, 4.69) is 10.9 Å². The number of aryl methyl sites for hydroxylation is 1. The maximum absolute atomic E-state index is 11.8. The minimum Gasteiger partial charge on any atom is -0.452 e. The molecule has 0 fully saturated rings. The molecule has 2 rings (SSSR count). The lowest BCUT2D eigenvalue weighted by Gasteiger charge is -2.07. The Morgan fingerprint density at radius 1 is 1.08 bits per heavy atom. The Kier molecular flexibility index (Phi) is 6.93. The highest BCUT2D eigenvalue weighted by molar-refractivity contribution is 6.30. The molecule has 0 aliphatic heterocycles. The van der Waals surface area contributed by atoms with Gasteiger partial charge in [0.25, 0.3) is 11.8 Å². The molecule has 0 atom stereocenters. The van der Waals surface area contributed by atoms with Crippen LogP contribution in [0, 0.1) is 6.92 Å². The summed E-state index contributed by atoms with van der Waals surface area (Å²) in [7, 11) is 0. The van der Waals surface area contributed by atoms with Crippen LogP contribution in [0.15, 0.2) is 54.6 Å². The number of carbonyl (C=O) groups is 3. The smallest absolute Gasteiger partial charge is 0.331 e. The van der Waals surface area contributed by atoms with Gasteiger partial charge in [-0.3, -0.25) is 20.4 Å². The summed E-state index contributed by atoms with van der Waals surface area (Å²) in [5, 5.41) is 0.496. The molecule has 0 heterocycles. The Bertz CT molecular complexity index is 832. The minimum absolute atomic E-state index is 0.327. The van der Waals surface area contributed by atoms with E-state index < -0.39 is 24.4 Å². The van der Waals surface area contributed by atoms with Crippen molar-refractivity contribution in [3.63, 3.8) is 0 Å². The predicted molar refractivity (Wildman–Crippen MR) is 98.2 cm³/mol. The first-order chi connectivity index (χ1) is 12.4. The molecule has 0 saturated carbocycles. The van der Waals surface area contributed by atoms with E-state index in [9.17, 15) is 14.4 Å². The number of ether oxygens (including phenoxy) is 1. The topological polar surface area (TPSA) is 84.5 Å². The average molecular weight is 373 g/mol. The van der Waals surface area contributed by atoms with E-state index in [4.69, 9.17) is 16.3 Å². The number of amides is 2. The molecule has 0 bridgehead atoms. The summed E-state index contributed by atoms with van der Waals surface area (Å²) in [5.74, 6) is -1.84. The molecule has 0 saturated heterocycles. The van der Waals surface area contributed by atoms with Gasteiger partial charge in [-0.2, -0.15) is 0 Å². The number of hydrazine groups is 1. The molecule has 2 aromatic carbocycles. The molecule has 2 N–H and O–H groups in total. The highest BCUT2D eigenvalue weighted by atomic mass is 35.5. The quantitative estimate of drug-likeness (QED) is 0.480. The lowest BCUT2D eigenvalue weighted by atomic mass is 10.1. The average Bonchev–Trinajstić information content (AvgIpc) is 2.63. The second-order valence-electron chi connectivity index (χ2n) is 5.36. The molecule has 0 unspecified atom stereocenters. The molecule has 0 radical (unpaired) electrons. The van der Waals surface area contributed by atoms with Gasteiger partial charge in [0.2, 0.25) is 0 Å². The molecule has 0 aromatic heterocycles. The van der Waals surface area contributed by atoms with Crippen molar-refractivity contribution in [1.29, 1.82) is 0 Å². The zero-order valence-electron chi connectivity index (χ0n) is 14.0. The van der Waals surface area contributed by atoms with E-state index in [1.165, 1.54) is 18.2 Å². The molecule has 0 spiro atoms. The summed E-state index contributed by atoms with van der Waals surface area (Å²) >= 11 is 5.73. The summed E-state index contributed by atoms with van der Waals surface area (Å²) in [6, 6.07) is 13.7. The predicted octanol–water partition coefficient (Wildman–Crippen LogP) is 2.67. The van der Waals surface area contributed by atoms with Crippen LogP contribution in [0.5, 0.6) is 0 Å². The molecule has 0 aliphatic rings. The Morgan fingerprint density at radius 2 is 1.81 bits per heavy atom. The Labute approximate surface area is 155 Å². The van der Waals surface area contributed by atoms with Gasteiger partial charge in [0.15, 0.2) is 6.61 Å². The summed E-state index contributed by atoms with van der Waals surface area (Å²) in [5.41, 5.74) is 6.62. The molecule has 2 aromatic rings. The van der Waals surface area contributed by atoms with Crippen LogP contribution in [0.3, 0.4) is 0 Å². The fourth-order valence-electron chi connectivity index (χ4n) is 1.96. The van der Waals surface area contributed by atoms with E-state index in [1.54, 1.807) is 18.2 Å². The van der Waals surface area contributed by atoms with Gasteiger partial charge in [0.1, 0.15) is 0 Å². The first-order valence-electron chi connectivity index (χ1n) is 7.70. The molecule has 2 amide bonds. The van der Waals surface area contributed by atoms with Gasteiger partial charge in [-0.05, 0) is 42.8 Å². The molecule has 134 valence electrons. The van der Waals surface area contributed by atoms with Crippen LogP contribution < -0.4 is 10.9 Å². The summed E-state index contributed by atoms with van der Waals surface area (Å²) in [6.07, 6.45) is 2.82. The van der Waals surface area contributed by atoms with Crippen LogP contribution in [-0.2, 0) is 14.3 Å². The first-order valence-corrected chi connectivity index (χ1v) is 8.08. The van der Waals surface area contributed by atoms with Crippen LogP contribution in [0.2, 0.25) is 5.02 Å². The van der Waals surface area contributed by atoms with Gasteiger partial charge in [-0.25, -0.2) is 4.79 Å². The van der Waals surface area contributed by atoms with Crippen molar-refractivity contribution in [2.75, 3.05) is 6.61 Å². The molecular weight excluding hydrogens is 356 g/mol. The van der Waals surface area contributed by atoms with Gasteiger partial charge < -0.3 is 4.74 Å². The number of hydrogen-bond acceptors (Lipinski definition) is 4. The van der Waals surface area contributed by atoms with Crippen LogP contribution in [0.1, 0.15) is 21.5 Å². The molecule has 0 aliphatic carbocycles. The zero-order chi connectivity index (χ0) is 18.9. The number of rotatable bonds is 5. The standard InChI is InChI=1S/C19H17ClN2O4/c1-13-3-2-4-14(11-13)5-10-18(24)26-12-17(23)21-22-19(25)15-6-8-16(20)9-7-15/h2-11H,12H2,1H3,(H,21,23)(H,22,25)/b10-5+. The van der Waals surface area contributed by atoms with E-state index >= 15 is 0 Å². The van der Waals surface area contributed by atoms with E-state index in [0.717, 1.165) is 11.1 Å². The fourth-order valence-corrected chi connectivity index (χ4v) is 2.08. The maximum atomic E-state index is 11.8. The number of carbonyl (C=O) groups excluding carboxylic acids is 3. The highest BCUT2D eigenvalue weighted by Gasteiger charge is 2.08. The molecule has 26 heavy (non-hydrogen) atoms. The van der Waals surface area contributed by atoms with Crippen molar-refractivity contribution in [1.82, 2.24) is 10.9 Å². The Balaban J connectivity index is 1.73. The minimum atomic E-state index is -0.662. The summed E-state index contributed by atoms with van der Waals surface area (Å²) < 4.78 is 4.80. The van der Waals surface area contributed by atoms with Crippen molar-refractivity contribution in [2.45, 2.75) is 6.92 Å². The number of esters is 1. The third-order valence-electron chi connectivity index (χ3n) is 3.22. The first kappa shape index (κ1) is 19.2. The SMILES string of the molecule is Cc1cccc(/C=C/C(=O)OCC(=O)NNC(=O)c2ccc(Cl)cc2)c1. The number of hydrogen-bond donors (Lipinski definition) is 2. The van der Waals surface area contributed by atoms with Gasteiger partial charge >= 0.3 is 5.97 Å². The largest absolute Gasteiger partial charge is 0.452 e. The zero-order valence-corrected chi connectivity index (χ0v) is 14.7. The number of benzene rings is 2. The van der Waals surface area contributed by atoms with Crippen molar-refractivity contribution in [3.8, 4) is 0 Å². The molecular formula is C19H17ClN2O4. The van der Waals surface area contributed by atoms with Gasteiger partial charge in [-0.15, -0.1) is 0 Å². The molecule has 7 heteroatoms. The van der Waals surface area contributed by atoms with Crippen molar-refractivity contribution in [2.24, 2.45) is 0 Å². The van der Waals surface area contributed by atoms with Crippen LogP contribution in [0.4, 0.5) is 0 Å². The van der Waals surface area contributed by atoms with E-state index in [0.29, 0.717) is 10.6 Å². The van der Waals surface area contributed by atoms with Crippen LogP contribution in [0.25, 0.3) is 6.08 Å². The number of nitrogens with one attached hydrogen (secondary N) is 2. The second kappa shape index (κ2) is 9.39. The maximum Gasteiger partial charge on any atom is 0.331 e. The van der Waals surface area contributed by atoms with Gasteiger partial charge in [-0.1, -0.05) is 41.4 Å². The van der Waals surface area contributed by atoms with Gasteiger partial charge in [0.05, 0.1) is 0 Å². The van der Waals surface area contributed by atoms with Gasteiger partial charge in [0, 0.05) is 16.7 Å². The Hall–Kier alpha value is -3.12. The highest BCUT2D eigenvalue weighted by Crippen LogP contribution is 2.09. The normalized spacial score (nSPS) is 10.4. The van der Waals surface area contributed by atoms with E-state index in [1.807, 2.05) is 31.2 Å². The fraction of sp³-hybridized carbons (Fsp3) is 0.105. The third kappa shape index (κ3) is 6.41. The third-order valence-corrected chi connectivity index (χ3v) is 3.47. The van der Waals surface area contributed by atoms with Crippen molar-refractivity contribution in [3.05, 3.63) is 76.3 Å². The van der Waals surface area contributed by atoms with Crippen LogP contribution in [-0.4, -0.2) is 24.4 Å². The monoisotopic (exact) mass is 372 g/mol. The van der Waals surface area contributed by atoms with E-state index in [-0.39, 0.29) is 0 Å². The molecule has 6 nitrogen and oxygen atoms in total. The second-order valence-corrected chi connectivity index (χ2v) is 5.80. The van der Waals surface area contributed by atoms with Crippen LogP contribution >= 0.6 is 11.6 Å².